The molecule has 0 N–H and O–H groups in total. The number of hydrogen-bond acceptors (Lipinski definition) is 1. The highest BCUT2D eigenvalue weighted by molar-refractivity contribution is 5.81. The first-order valence-electron chi connectivity index (χ1n) is 8.48. The Morgan fingerprint density at radius 2 is 1.29 bits per heavy atom. The second-order valence-corrected chi connectivity index (χ2v) is 6.58. The Balaban J connectivity index is 1.91. The summed E-state index contributed by atoms with van der Waals surface area (Å²) in [6.07, 6.45) is 0.567. The van der Waals surface area contributed by atoms with E-state index in [-0.39, 0.29) is 17.6 Å². The van der Waals surface area contributed by atoms with Crippen LogP contribution in [0.4, 0.5) is 0 Å². The summed E-state index contributed by atoms with van der Waals surface area (Å²) in [6.45, 7) is 1.70. The van der Waals surface area contributed by atoms with Gasteiger partial charge in [0.05, 0.1) is 0 Å². The molecule has 3 aromatic rings. The van der Waals surface area contributed by atoms with Crippen LogP contribution in [0.5, 0.6) is 0 Å². The minimum Gasteiger partial charge on any atom is -0.300 e. The predicted molar refractivity (Wildman–Crippen MR) is 98.2 cm³/mol. The molecule has 3 aromatic carbocycles. The Hall–Kier alpha value is -2.67. The van der Waals surface area contributed by atoms with Gasteiger partial charge in [0.2, 0.25) is 0 Å². The first-order valence-corrected chi connectivity index (χ1v) is 8.48. The van der Waals surface area contributed by atoms with Gasteiger partial charge in [-0.15, -0.1) is 0 Å². The molecule has 1 aliphatic rings. The van der Waals surface area contributed by atoms with Gasteiger partial charge in [0.25, 0.3) is 0 Å². The number of ketones is 1. The van der Waals surface area contributed by atoms with Crippen molar-refractivity contribution in [2.24, 2.45) is 0 Å². The highest BCUT2D eigenvalue weighted by atomic mass is 16.1. The lowest BCUT2D eigenvalue weighted by molar-refractivity contribution is -0.117. The molecule has 1 nitrogen and oxygen atoms in total. The smallest absolute Gasteiger partial charge is 0.130 e. The van der Waals surface area contributed by atoms with Crippen molar-refractivity contribution in [3.63, 3.8) is 0 Å². The van der Waals surface area contributed by atoms with Gasteiger partial charge >= 0.3 is 0 Å². The van der Waals surface area contributed by atoms with E-state index in [9.17, 15) is 4.79 Å². The normalized spacial score (nSPS) is 14.0. The summed E-state index contributed by atoms with van der Waals surface area (Å²) in [5.41, 5.74) is 6.54. The van der Waals surface area contributed by atoms with Crippen LogP contribution in [0.3, 0.4) is 0 Å². The standard InChI is InChI=1S/C23H20O/c1-16(24)15-22(17-9-3-2-4-10-17)23-20-13-7-5-11-18(20)19-12-6-8-14-21(19)23/h2-14,22-23H,15H2,1H3. The zero-order chi connectivity index (χ0) is 16.5. The molecule has 0 heterocycles. The van der Waals surface area contributed by atoms with Gasteiger partial charge in [0, 0.05) is 18.3 Å². The Kier molecular flexibility index (Phi) is 3.78. The number of benzene rings is 3. The zero-order valence-electron chi connectivity index (χ0n) is 13.8. The van der Waals surface area contributed by atoms with Crippen LogP contribution in [0.15, 0.2) is 78.9 Å². The van der Waals surface area contributed by atoms with E-state index in [1.54, 1.807) is 6.92 Å². The maximum atomic E-state index is 12.0. The second-order valence-electron chi connectivity index (χ2n) is 6.58. The van der Waals surface area contributed by atoms with E-state index in [0.717, 1.165) is 0 Å². The second kappa shape index (κ2) is 6.09. The van der Waals surface area contributed by atoms with Gasteiger partial charge < -0.3 is 4.79 Å². The lowest BCUT2D eigenvalue weighted by atomic mass is 9.77. The Bertz CT molecular complexity index is 834. The summed E-state index contributed by atoms with van der Waals surface area (Å²) in [4.78, 5) is 12.0. The molecular weight excluding hydrogens is 292 g/mol. The summed E-state index contributed by atoms with van der Waals surface area (Å²) in [5, 5.41) is 0. The minimum absolute atomic E-state index is 0.175. The van der Waals surface area contributed by atoms with E-state index in [1.807, 2.05) is 6.07 Å². The molecule has 0 aliphatic heterocycles. The third-order valence-corrected chi connectivity index (χ3v) is 5.02. The summed E-state index contributed by atoms with van der Waals surface area (Å²) >= 11 is 0. The average Bonchev–Trinajstić information content (AvgIpc) is 2.95. The molecule has 0 fully saturated rings. The fourth-order valence-electron chi connectivity index (χ4n) is 4.07. The van der Waals surface area contributed by atoms with Crippen molar-refractivity contribution in [3.05, 3.63) is 95.6 Å². The van der Waals surface area contributed by atoms with E-state index in [4.69, 9.17) is 0 Å². The number of rotatable bonds is 4. The van der Waals surface area contributed by atoms with Gasteiger partial charge in [-0.1, -0.05) is 78.9 Å². The van der Waals surface area contributed by atoms with Gasteiger partial charge in [-0.3, -0.25) is 0 Å². The zero-order valence-corrected chi connectivity index (χ0v) is 13.8. The molecule has 0 saturated carbocycles. The number of fused-ring (bicyclic) bond motifs is 3. The average molecular weight is 312 g/mol. The van der Waals surface area contributed by atoms with Crippen molar-refractivity contribution in [1.29, 1.82) is 0 Å². The molecule has 0 aromatic heterocycles. The van der Waals surface area contributed by atoms with Crippen LogP contribution in [0.1, 0.15) is 41.9 Å². The van der Waals surface area contributed by atoms with Crippen LogP contribution in [-0.4, -0.2) is 5.78 Å². The summed E-state index contributed by atoms with van der Waals surface area (Å²) < 4.78 is 0. The monoisotopic (exact) mass is 312 g/mol. The molecule has 0 spiro atoms. The molecule has 24 heavy (non-hydrogen) atoms. The Labute approximate surface area is 143 Å². The molecule has 1 unspecified atom stereocenters. The van der Waals surface area contributed by atoms with Crippen molar-refractivity contribution in [1.82, 2.24) is 0 Å². The lowest BCUT2D eigenvalue weighted by Gasteiger charge is -2.25. The van der Waals surface area contributed by atoms with Crippen LogP contribution in [-0.2, 0) is 4.79 Å². The molecular formula is C23H20O. The fourth-order valence-corrected chi connectivity index (χ4v) is 4.07. The third-order valence-electron chi connectivity index (χ3n) is 5.02. The molecule has 1 atom stereocenters. The largest absolute Gasteiger partial charge is 0.300 e. The van der Waals surface area contributed by atoms with Gasteiger partial charge in [0.15, 0.2) is 0 Å². The fraction of sp³-hybridized carbons (Fsp3) is 0.174. The van der Waals surface area contributed by atoms with E-state index < -0.39 is 0 Å². The quantitative estimate of drug-likeness (QED) is 0.616. The first kappa shape index (κ1) is 14.9. The van der Waals surface area contributed by atoms with Crippen LogP contribution >= 0.6 is 0 Å². The van der Waals surface area contributed by atoms with Crippen LogP contribution in [0.2, 0.25) is 0 Å². The van der Waals surface area contributed by atoms with Gasteiger partial charge in [-0.05, 0) is 34.7 Å². The maximum Gasteiger partial charge on any atom is 0.130 e. The number of carbonyl (C=O) groups is 1. The van der Waals surface area contributed by atoms with Gasteiger partial charge in [-0.2, -0.15) is 0 Å². The van der Waals surface area contributed by atoms with Crippen molar-refractivity contribution in [2.75, 3.05) is 0 Å². The minimum atomic E-state index is 0.175. The summed E-state index contributed by atoms with van der Waals surface area (Å²) in [7, 11) is 0. The maximum absolute atomic E-state index is 12.0. The Morgan fingerprint density at radius 3 is 1.83 bits per heavy atom. The SMILES string of the molecule is CC(=O)CC(c1ccccc1)C1c2ccccc2-c2ccccc21. The van der Waals surface area contributed by atoms with Gasteiger partial charge in [-0.25, -0.2) is 0 Å². The van der Waals surface area contributed by atoms with E-state index >= 15 is 0 Å². The predicted octanol–water partition coefficient (Wildman–Crippen LogP) is 5.56. The van der Waals surface area contributed by atoms with E-state index in [2.05, 4.69) is 72.8 Å². The highest BCUT2D eigenvalue weighted by Gasteiger charge is 2.35. The molecule has 0 radical (unpaired) electrons. The Morgan fingerprint density at radius 1 is 0.792 bits per heavy atom. The molecule has 0 saturated heterocycles. The molecule has 0 bridgehead atoms. The number of Topliss-reactive ketones (excluding diaryl/α,β-unsaturated/α-hetero) is 1. The van der Waals surface area contributed by atoms with Crippen LogP contribution in [0, 0.1) is 0 Å². The number of carbonyl (C=O) groups excluding carboxylic acids is 1. The molecule has 4 rings (SSSR count). The first-order chi connectivity index (χ1) is 11.8. The van der Waals surface area contributed by atoms with Crippen LogP contribution < -0.4 is 0 Å². The van der Waals surface area contributed by atoms with Crippen molar-refractivity contribution >= 4 is 5.78 Å². The summed E-state index contributed by atoms with van der Waals surface area (Å²) in [6, 6.07) is 27.7. The van der Waals surface area contributed by atoms with Crippen LogP contribution in [0.25, 0.3) is 11.1 Å². The topological polar surface area (TPSA) is 17.1 Å². The highest BCUT2D eigenvalue weighted by Crippen LogP contribution is 2.51. The molecule has 0 amide bonds. The molecule has 1 aliphatic carbocycles. The van der Waals surface area contributed by atoms with Crippen molar-refractivity contribution in [3.8, 4) is 11.1 Å². The van der Waals surface area contributed by atoms with E-state index in [1.165, 1.54) is 27.8 Å². The third kappa shape index (κ3) is 2.46. The molecule has 118 valence electrons. The lowest BCUT2D eigenvalue weighted by Crippen LogP contribution is -2.14. The van der Waals surface area contributed by atoms with Crippen molar-refractivity contribution in [2.45, 2.75) is 25.2 Å². The van der Waals surface area contributed by atoms with Gasteiger partial charge in [0.1, 0.15) is 5.78 Å². The van der Waals surface area contributed by atoms with Crippen molar-refractivity contribution < 1.29 is 4.79 Å². The van der Waals surface area contributed by atoms with E-state index in [0.29, 0.717) is 6.42 Å². The summed E-state index contributed by atoms with van der Waals surface area (Å²) in [5.74, 6) is 0.655. The number of hydrogen-bond donors (Lipinski definition) is 0. The molecule has 1 heteroatoms.